The number of benzene rings is 2. The summed E-state index contributed by atoms with van der Waals surface area (Å²) in [7, 11) is -0.307. The van der Waals surface area contributed by atoms with Crippen LogP contribution in [0, 0.1) is 18.7 Å². The van der Waals surface area contributed by atoms with Crippen LogP contribution in [0.2, 0.25) is 0 Å². The van der Waals surface area contributed by atoms with Gasteiger partial charge in [-0.25, -0.2) is 22.5 Å². The van der Waals surface area contributed by atoms with Crippen LogP contribution in [0.15, 0.2) is 71.5 Å². The van der Waals surface area contributed by atoms with E-state index in [4.69, 9.17) is 4.74 Å². The topological polar surface area (TPSA) is 95.1 Å². The molecular weight excluding hydrogens is 563 g/mol. The standard InChI is InChI=1S/C29H29FN6O3S2/c1-19-10-26-20(13-33-36(26)23-6-4-22(30)5-7-23)11-25(19)28-17-29(39-3,27-31-8-9-40-27)12-21(28)15-35(18-28)41(37,38)24-14-32-34(2)16-24/h4-11,13-14,16,21H,12,15,17-18H2,1-3H3. The maximum atomic E-state index is 13.8. The van der Waals surface area contributed by atoms with Crippen molar-refractivity contribution in [1.29, 1.82) is 0 Å². The molecule has 4 heterocycles. The summed E-state index contributed by atoms with van der Waals surface area (Å²) < 4.78 is 52.3. The molecule has 2 aromatic carbocycles. The predicted octanol–water partition coefficient (Wildman–Crippen LogP) is 4.56. The first kappa shape index (κ1) is 26.4. The Morgan fingerprint density at radius 1 is 1.15 bits per heavy atom. The Morgan fingerprint density at radius 2 is 1.95 bits per heavy atom. The lowest BCUT2D eigenvalue weighted by molar-refractivity contribution is -0.0184. The third-order valence-electron chi connectivity index (χ3n) is 8.89. The zero-order valence-electron chi connectivity index (χ0n) is 22.9. The second kappa shape index (κ2) is 9.28. The van der Waals surface area contributed by atoms with E-state index in [0.29, 0.717) is 25.9 Å². The summed E-state index contributed by atoms with van der Waals surface area (Å²) in [6, 6.07) is 10.5. The summed E-state index contributed by atoms with van der Waals surface area (Å²) in [6.07, 6.45) is 7.82. The Bertz CT molecular complexity index is 1870. The highest BCUT2D eigenvalue weighted by Gasteiger charge is 2.63. The lowest BCUT2D eigenvalue weighted by Gasteiger charge is -2.34. The van der Waals surface area contributed by atoms with Gasteiger partial charge in [0.2, 0.25) is 10.0 Å². The molecule has 1 saturated heterocycles. The number of fused-ring (bicyclic) bond motifs is 2. The van der Waals surface area contributed by atoms with Gasteiger partial charge in [-0.15, -0.1) is 11.3 Å². The molecule has 3 atom stereocenters. The molecule has 9 nitrogen and oxygen atoms in total. The van der Waals surface area contributed by atoms with Gasteiger partial charge >= 0.3 is 0 Å². The number of hydrogen-bond acceptors (Lipinski definition) is 7. The zero-order valence-corrected chi connectivity index (χ0v) is 24.5. The van der Waals surface area contributed by atoms with Crippen molar-refractivity contribution in [2.75, 3.05) is 20.2 Å². The number of hydrogen-bond donors (Lipinski definition) is 0. The maximum Gasteiger partial charge on any atom is 0.246 e. The van der Waals surface area contributed by atoms with E-state index in [1.165, 1.54) is 23.0 Å². The van der Waals surface area contributed by atoms with Gasteiger partial charge in [-0.2, -0.15) is 14.5 Å². The first-order chi connectivity index (χ1) is 19.6. The summed E-state index contributed by atoms with van der Waals surface area (Å²) in [5.41, 5.74) is 2.68. The number of thiazole rings is 1. The van der Waals surface area contributed by atoms with Crippen LogP contribution in [0.3, 0.4) is 0 Å². The Balaban J connectivity index is 1.36. The summed E-state index contributed by atoms with van der Waals surface area (Å²) in [5, 5.41) is 12.5. The van der Waals surface area contributed by atoms with Crippen LogP contribution in [0.25, 0.3) is 16.6 Å². The first-order valence-corrected chi connectivity index (χ1v) is 15.7. The fourth-order valence-corrected chi connectivity index (χ4v) is 9.36. The molecule has 1 aliphatic carbocycles. The number of rotatable bonds is 6. The monoisotopic (exact) mass is 592 g/mol. The molecule has 2 aliphatic rings. The molecule has 1 saturated carbocycles. The normalized spacial score (nSPS) is 24.8. The first-order valence-electron chi connectivity index (χ1n) is 13.3. The average molecular weight is 593 g/mol. The van der Waals surface area contributed by atoms with Crippen LogP contribution in [0.5, 0.6) is 0 Å². The minimum atomic E-state index is -3.75. The van der Waals surface area contributed by atoms with Crippen molar-refractivity contribution >= 4 is 32.3 Å². The molecule has 41 heavy (non-hydrogen) atoms. The van der Waals surface area contributed by atoms with Crippen LogP contribution >= 0.6 is 11.3 Å². The summed E-state index contributed by atoms with van der Waals surface area (Å²) in [4.78, 5) is 4.83. The molecule has 3 aromatic heterocycles. The van der Waals surface area contributed by atoms with E-state index >= 15 is 0 Å². The van der Waals surface area contributed by atoms with Gasteiger partial charge in [0.1, 0.15) is 21.3 Å². The molecule has 7 rings (SSSR count). The van der Waals surface area contributed by atoms with E-state index in [9.17, 15) is 12.8 Å². The van der Waals surface area contributed by atoms with Crippen LogP contribution in [-0.2, 0) is 32.8 Å². The summed E-state index contributed by atoms with van der Waals surface area (Å²) >= 11 is 1.57. The number of nitrogens with zero attached hydrogens (tertiary/aromatic N) is 6. The number of aromatic nitrogens is 5. The molecule has 3 unspecified atom stereocenters. The van der Waals surface area contributed by atoms with E-state index in [-0.39, 0.29) is 16.6 Å². The van der Waals surface area contributed by atoms with Gasteiger partial charge in [-0.1, -0.05) is 0 Å². The van der Waals surface area contributed by atoms with Gasteiger partial charge in [0, 0.05) is 55.8 Å². The fraction of sp³-hybridized carbons (Fsp3) is 0.345. The van der Waals surface area contributed by atoms with Gasteiger partial charge in [-0.05, 0) is 73.2 Å². The van der Waals surface area contributed by atoms with Gasteiger partial charge in [0.15, 0.2) is 0 Å². The lowest BCUT2D eigenvalue weighted by atomic mass is 9.72. The smallest absolute Gasteiger partial charge is 0.246 e. The van der Waals surface area contributed by atoms with Crippen LogP contribution in [-0.4, -0.2) is 57.5 Å². The Labute approximate surface area is 241 Å². The highest BCUT2D eigenvalue weighted by Crippen LogP contribution is 2.60. The van der Waals surface area contributed by atoms with E-state index in [1.807, 2.05) is 11.6 Å². The van der Waals surface area contributed by atoms with Crippen molar-refractivity contribution in [2.45, 2.75) is 35.7 Å². The summed E-state index contributed by atoms with van der Waals surface area (Å²) in [5.74, 6) is -0.301. The van der Waals surface area contributed by atoms with E-state index in [1.54, 1.807) is 59.0 Å². The average Bonchev–Trinajstić information content (AvgIpc) is 3.76. The highest BCUT2D eigenvalue weighted by molar-refractivity contribution is 7.89. The van der Waals surface area contributed by atoms with Crippen LogP contribution in [0.1, 0.15) is 29.0 Å². The van der Waals surface area contributed by atoms with Gasteiger partial charge < -0.3 is 4.74 Å². The SMILES string of the molecule is COC1(c2nccs2)CC2CN(S(=O)(=O)c3cnn(C)c3)CC2(c2cc3cnn(-c4ccc(F)cc4)c3cc2C)C1. The lowest BCUT2D eigenvalue weighted by Crippen LogP contribution is -2.38. The van der Waals surface area contributed by atoms with Crippen molar-refractivity contribution in [3.63, 3.8) is 0 Å². The molecule has 2 fully saturated rings. The fourth-order valence-electron chi connectivity index (χ4n) is 6.99. The third-order valence-corrected chi connectivity index (χ3v) is 11.6. The molecule has 0 N–H and O–H groups in total. The van der Waals surface area contributed by atoms with Crippen molar-refractivity contribution in [3.05, 3.63) is 88.5 Å². The third kappa shape index (κ3) is 3.99. The van der Waals surface area contributed by atoms with Gasteiger partial charge in [0.05, 0.1) is 23.6 Å². The van der Waals surface area contributed by atoms with Gasteiger partial charge in [0.25, 0.3) is 0 Å². The Hall–Kier alpha value is -3.45. The maximum absolute atomic E-state index is 13.8. The quantitative estimate of drug-likeness (QED) is 0.287. The number of methoxy groups -OCH3 is 1. The van der Waals surface area contributed by atoms with Crippen molar-refractivity contribution in [2.24, 2.45) is 13.0 Å². The number of ether oxygens (including phenoxy) is 1. The van der Waals surface area contributed by atoms with E-state index < -0.39 is 21.0 Å². The molecular formula is C29H29FN6O3S2. The second-order valence-corrected chi connectivity index (χ2v) is 14.0. The number of aryl methyl sites for hydroxylation is 2. The molecule has 12 heteroatoms. The van der Waals surface area contributed by atoms with Crippen LogP contribution in [0.4, 0.5) is 4.39 Å². The predicted molar refractivity (Wildman–Crippen MR) is 153 cm³/mol. The van der Waals surface area contributed by atoms with Crippen molar-refractivity contribution < 1.29 is 17.5 Å². The Morgan fingerprint density at radius 3 is 2.63 bits per heavy atom. The van der Waals surface area contributed by atoms with Crippen molar-refractivity contribution in [3.8, 4) is 5.69 Å². The van der Waals surface area contributed by atoms with Crippen LogP contribution < -0.4 is 0 Å². The second-order valence-electron chi connectivity index (χ2n) is 11.2. The largest absolute Gasteiger partial charge is 0.371 e. The van der Waals surface area contributed by atoms with E-state index in [0.717, 1.165) is 32.7 Å². The molecule has 0 spiro atoms. The molecule has 212 valence electrons. The Kier molecular flexibility index (Phi) is 5.99. The molecule has 1 aliphatic heterocycles. The number of sulfonamides is 1. The minimum absolute atomic E-state index is 0.00101. The molecule has 5 aromatic rings. The number of halogens is 1. The zero-order chi connectivity index (χ0) is 28.6. The summed E-state index contributed by atoms with van der Waals surface area (Å²) in [6.45, 7) is 2.76. The van der Waals surface area contributed by atoms with E-state index in [2.05, 4.69) is 34.2 Å². The molecule has 0 amide bonds. The molecule has 0 bridgehead atoms. The van der Waals surface area contributed by atoms with Crippen molar-refractivity contribution in [1.82, 2.24) is 28.9 Å². The minimum Gasteiger partial charge on any atom is -0.371 e. The van der Waals surface area contributed by atoms with Gasteiger partial charge in [-0.3, -0.25) is 4.68 Å². The molecule has 0 radical (unpaired) electrons. The highest BCUT2D eigenvalue weighted by atomic mass is 32.2.